The number of fused-ring (bicyclic) bond motifs is 2. The van der Waals surface area contributed by atoms with Gasteiger partial charge in [-0.3, -0.25) is 9.59 Å². The van der Waals surface area contributed by atoms with Gasteiger partial charge < -0.3 is 9.84 Å². The predicted molar refractivity (Wildman–Crippen MR) is 115 cm³/mol. The molecule has 3 aromatic rings. The number of nitrogens with one attached hydrogen (secondary N) is 1. The zero-order chi connectivity index (χ0) is 21.5. The Morgan fingerprint density at radius 1 is 1.26 bits per heavy atom. The molecule has 1 amide bonds. The Morgan fingerprint density at radius 3 is 3.00 bits per heavy atom. The van der Waals surface area contributed by atoms with Gasteiger partial charge in [-0.05, 0) is 28.4 Å². The number of aliphatic imine (C=N–C) groups is 1. The molecule has 0 saturated carbocycles. The molecule has 0 spiro atoms. The second kappa shape index (κ2) is 7.77. The Kier molecular flexibility index (Phi) is 4.93. The number of hydrogen-bond donors (Lipinski definition) is 1. The number of aromatic nitrogens is 4. The lowest BCUT2D eigenvalue weighted by atomic mass is 9.95. The summed E-state index contributed by atoms with van der Waals surface area (Å²) in [6.07, 6.45) is 4.61. The van der Waals surface area contributed by atoms with Crippen LogP contribution < -0.4 is 5.32 Å². The summed E-state index contributed by atoms with van der Waals surface area (Å²) >= 11 is 3.42. The largest absolute Gasteiger partial charge is 0.360 e. The van der Waals surface area contributed by atoms with E-state index in [1.54, 1.807) is 6.20 Å². The zero-order valence-electron chi connectivity index (χ0n) is 16.6. The number of anilines is 1. The number of carbonyl (C=O) groups is 2. The maximum Gasteiger partial charge on any atom is 0.225 e. The Labute approximate surface area is 185 Å². The molecule has 9 nitrogen and oxygen atoms in total. The summed E-state index contributed by atoms with van der Waals surface area (Å²) in [7, 11) is 0. The third kappa shape index (κ3) is 3.78. The Hall–Kier alpha value is -3.27. The van der Waals surface area contributed by atoms with E-state index in [0.717, 1.165) is 15.7 Å². The fraction of sp³-hybridized carbons (Fsp3) is 0.286. The van der Waals surface area contributed by atoms with Gasteiger partial charge in [0, 0.05) is 53.0 Å². The highest BCUT2D eigenvalue weighted by Crippen LogP contribution is 2.30. The Bertz CT molecular complexity index is 1250. The van der Waals surface area contributed by atoms with Gasteiger partial charge in [0.15, 0.2) is 11.6 Å². The zero-order valence-corrected chi connectivity index (χ0v) is 18.1. The molecular formula is C21H17BrN6O3. The van der Waals surface area contributed by atoms with Crippen molar-refractivity contribution < 1.29 is 14.1 Å². The molecule has 2 aliphatic rings. The fourth-order valence-corrected chi connectivity index (χ4v) is 4.14. The van der Waals surface area contributed by atoms with E-state index in [4.69, 9.17) is 4.52 Å². The van der Waals surface area contributed by atoms with Crippen LogP contribution in [0.25, 0.3) is 0 Å². The van der Waals surface area contributed by atoms with Crippen molar-refractivity contribution in [1.82, 2.24) is 20.1 Å². The Balaban J connectivity index is 1.31. The van der Waals surface area contributed by atoms with Crippen LogP contribution >= 0.6 is 15.9 Å². The predicted octanol–water partition coefficient (Wildman–Crippen LogP) is 3.56. The van der Waals surface area contributed by atoms with E-state index in [9.17, 15) is 9.59 Å². The molecule has 1 atom stereocenters. The van der Waals surface area contributed by atoms with Crippen molar-refractivity contribution in [1.29, 1.82) is 0 Å². The first-order valence-corrected chi connectivity index (χ1v) is 10.6. The molecule has 2 aliphatic heterocycles. The van der Waals surface area contributed by atoms with Crippen LogP contribution in [0.3, 0.4) is 0 Å². The van der Waals surface area contributed by atoms with Crippen molar-refractivity contribution in [3.63, 3.8) is 0 Å². The molecule has 0 saturated heterocycles. The van der Waals surface area contributed by atoms with Gasteiger partial charge in [-0.15, -0.1) is 0 Å². The standard InChI is InChI=1S/C21H17BrN6O3/c1-10(4-16(29)19-13-2-3-18(30)27-21(13)25-9-24-19)17-7-15(28-31-17)14-6-11-5-12(22)8-23-20(11)26-14/h5,7-10H,2-4,6H2,1H3,(H,24,25,27,30)/t10-/m0/s1. The molecule has 0 bridgehead atoms. The van der Waals surface area contributed by atoms with E-state index in [0.29, 0.717) is 53.6 Å². The summed E-state index contributed by atoms with van der Waals surface area (Å²) in [6.45, 7) is 1.90. The summed E-state index contributed by atoms with van der Waals surface area (Å²) in [6, 6.07) is 3.82. The van der Waals surface area contributed by atoms with Crippen LogP contribution in [0.5, 0.6) is 0 Å². The van der Waals surface area contributed by atoms with E-state index in [2.05, 4.69) is 46.3 Å². The highest BCUT2D eigenvalue weighted by molar-refractivity contribution is 9.10. The minimum Gasteiger partial charge on any atom is -0.360 e. The number of rotatable bonds is 5. The van der Waals surface area contributed by atoms with Crippen LogP contribution in [-0.2, 0) is 17.6 Å². The molecule has 0 aromatic carbocycles. The molecule has 3 aromatic heterocycles. The molecule has 156 valence electrons. The van der Waals surface area contributed by atoms with Gasteiger partial charge in [-0.2, -0.15) is 0 Å². The number of nitrogens with zero attached hydrogens (tertiary/aromatic N) is 5. The van der Waals surface area contributed by atoms with E-state index in [1.165, 1.54) is 6.33 Å². The first kappa shape index (κ1) is 19.7. The first-order valence-electron chi connectivity index (χ1n) is 9.84. The average Bonchev–Trinajstić information content (AvgIpc) is 3.39. The summed E-state index contributed by atoms with van der Waals surface area (Å²) in [5.41, 5.74) is 3.50. The minimum atomic E-state index is -0.200. The molecule has 10 heteroatoms. The van der Waals surface area contributed by atoms with Gasteiger partial charge in [0.25, 0.3) is 0 Å². The van der Waals surface area contributed by atoms with E-state index in [1.807, 2.05) is 19.1 Å². The van der Waals surface area contributed by atoms with Gasteiger partial charge in [-0.1, -0.05) is 12.1 Å². The molecule has 5 heterocycles. The number of carbonyl (C=O) groups excluding carboxylic acids is 2. The highest BCUT2D eigenvalue weighted by Gasteiger charge is 2.26. The van der Waals surface area contributed by atoms with Crippen molar-refractivity contribution in [2.45, 2.75) is 38.5 Å². The van der Waals surface area contributed by atoms with Crippen molar-refractivity contribution in [2.75, 3.05) is 5.32 Å². The number of pyridine rings is 1. The summed E-state index contributed by atoms with van der Waals surface area (Å²) in [5.74, 6) is 1.28. The highest BCUT2D eigenvalue weighted by atomic mass is 79.9. The van der Waals surface area contributed by atoms with Gasteiger partial charge in [0.05, 0.1) is 5.71 Å². The molecule has 31 heavy (non-hydrogen) atoms. The van der Waals surface area contributed by atoms with Gasteiger partial charge >= 0.3 is 0 Å². The van der Waals surface area contributed by atoms with E-state index in [-0.39, 0.29) is 24.0 Å². The maximum atomic E-state index is 12.9. The molecular weight excluding hydrogens is 464 g/mol. The molecule has 0 fully saturated rings. The molecule has 0 unspecified atom stereocenters. The SMILES string of the molecule is C[C@@H](CC(=O)c1ncnc2c1CCC(=O)N2)c1cc(C2=Nc3ncc(Br)cc3C2)no1. The summed E-state index contributed by atoms with van der Waals surface area (Å²) < 4.78 is 6.43. The third-order valence-electron chi connectivity index (χ3n) is 5.38. The number of ketones is 1. The lowest BCUT2D eigenvalue weighted by Gasteiger charge is -2.17. The minimum absolute atomic E-state index is 0.105. The quantitative estimate of drug-likeness (QED) is 0.553. The van der Waals surface area contributed by atoms with Crippen LogP contribution in [0.4, 0.5) is 11.6 Å². The number of Topliss-reactive ketones (excluding diaryl/α,β-unsaturated/α-hetero) is 1. The lowest BCUT2D eigenvalue weighted by Crippen LogP contribution is -2.23. The number of halogens is 1. The van der Waals surface area contributed by atoms with Crippen molar-refractivity contribution >= 4 is 45.0 Å². The van der Waals surface area contributed by atoms with Crippen molar-refractivity contribution in [2.24, 2.45) is 4.99 Å². The second-order valence-corrected chi connectivity index (χ2v) is 8.53. The third-order valence-corrected chi connectivity index (χ3v) is 5.81. The first-order chi connectivity index (χ1) is 15.0. The van der Waals surface area contributed by atoms with Crippen LogP contribution in [-0.4, -0.2) is 37.5 Å². The summed E-state index contributed by atoms with van der Waals surface area (Å²) in [4.78, 5) is 41.6. The van der Waals surface area contributed by atoms with Gasteiger partial charge in [-0.25, -0.2) is 19.9 Å². The lowest BCUT2D eigenvalue weighted by molar-refractivity contribution is -0.116. The van der Waals surface area contributed by atoms with Crippen molar-refractivity contribution in [3.8, 4) is 0 Å². The molecule has 0 aliphatic carbocycles. The maximum absolute atomic E-state index is 12.9. The fourth-order valence-electron chi connectivity index (χ4n) is 3.76. The average molecular weight is 481 g/mol. The van der Waals surface area contributed by atoms with Crippen LogP contribution in [0.2, 0.25) is 0 Å². The monoisotopic (exact) mass is 480 g/mol. The number of amides is 1. The molecule has 1 N–H and O–H groups in total. The number of hydrogen-bond acceptors (Lipinski definition) is 8. The Morgan fingerprint density at radius 2 is 2.13 bits per heavy atom. The van der Waals surface area contributed by atoms with Crippen LogP contribution in [0.1, 0.15) is 58.8 Å². The second-order valence-electron chi connectivity index (χ2n) is 7.61. The van der Waals surface area contributed by atoms with E-state index >= 15 is 0 Å². The van der Waals surface area contributed by atoms with Gasteiger partial charge in [0.2, 0.25) is 5.91 Å². The van der Waals surface area contributed by atoms with Gasteiger partial charge in [0.1, 0.15) is 29.3 Å². The molecule has 5 rings (SSSR count). The topological polar surface area (TPSA) is 123 Å². The van der Waals surface area contributed by atoms with Crippen LogP contribution in [0.15, 0.2) is 38.6 Å². The van der Waals surface area contributed by atoms with Crippen molar-refractivity contribution in [3.05, 3.63) is 57.4 Å². The normalized spacial score (nSPS) is 15.7. The van der Waals surface area contributed by atoms with E-state index < -0.39 is 0 Å². The molecule has 0 radical (unpaired) electrons. The van der Waals surface area contributed by atoms with Crippen LogP contribution in [0, 0.1) is 0 Å². The summed E-state index contributed by atoms with van der Waals surface area (Å²) in [5, 5.41) is 6.85. The smallest absolute Gasteiger partial charge is 0.225 e.